The Morgan fingerprint density at radius 2 is 2.00 bits per heavy atom. The summed E-state index contributed by atoms with van der Waals surface area (Å²) in [5.74, 6) is 0.823. The molecule has 26 heavy (non-hydrogen) atoms. The van der Waals surface area contributed by atoms with Gasteiger partial charge in [-0.05, 0) is 37.6 Å². The second-order valence-corrected chi connectivity index (χ2v) is 7.13. The zero-order chi connectivity index (χ0) is 18.4. The fourth-order valence-electron chi connectivity index (χ4n) is 2.30. The van der Waals surface area contributed by atoms with E-state index in [2.05, 4.69) is 15.3 Å². The fraction of sp³-hybridized carbons (Fsp3) is 0.294. The topological polar surface area (TPSA) is 99.6 Å². The Hall–Kier alpha value is -2.41. The summed E-state index contributed by atoms with van der Waals surface area (Å²) in [4.78, 5) is 8.39. The number of furan rings is 1. The van der Waals surface area contributed by atoms with E-state index in [0.717, 1.165) is 5.56 Å². The molecule has 0 radical (unpaired) electrons. The maximum Gasteiger partial charge on any atom is 0.385 e. The van der Waals surface area contributed by atoms with Crippen LogP contribution in [0.3, 0.4) is 0 Å². The maximum absolute atomic E-state index is 13.2. The van der Waals surface area contributed by atoms with Gasteiger partial charge in [0.15, 0.2) is 5.76 Å². The first-order valence-electron chi connectivity index (χ1n) is 8.23. The third-order valence-corrected chi connectivity index (χ3v) is 5.39. The lowest BCUT2D eigenvalue weighted by molar-refractivity contribution is 0.229. The summed E-state index contributed by atoms with van der Waals surface area (Å²) in [6.45, 7) is 4.31. The Balaban J connectivity index is 1.96. The van der Waals surface area contributed by atoms with Crippen molar-refractivity contribution in [3.8, 4) is 11.7 Å². The second-order valence-electron chi connectivity index (χ2n) is 5.20. The lowest BCUT2D eigenvalue weighted by Crippen LogP contribution is -2.16. The van der Waals surface area contributed by atoms with Crippen molar-refractivity contribution in [1.82, 2.24) is 9.97 Å². The van der Waals surface area contributed by atoms with E-state index in [-0.39, 0.29) is 30.4 Å². The predicted octanol–water partition coefficient (Wildman–Crippen LogP) is 3.83. The van der Waals surface area contributed by atoms with Crippen molar-refractivity contribution in [3.05, 3.63) is 48.5 Å². The van der Waals surface area contributed by atoms with Gasteiger partial charge in [-0.25, -0.2) is 0 Å². The normalized spacial score (nSPS) is 11.6. The molecule has 9 heteroatoms. The van der Waals surface area contributed by atoms with Gasteiger partial charge in [0.1, 0.15) is 0 Å². The molecule has 1 N–H and O–H groups in total. The Labute approximate surface area is 151 Å². The van der Waals surface area contributed by atoms with Crippen molar-refractivity contribution >= 4 is 18.9 Å². The van der Waals surface area contributed by atoms with E-state index < -0.39 is 7.60 Å². The lowest BCUT2D eigenvalue weighted by Gasteiger charge is -2.15. The van der Waals surface area contributed by atoms with Gasteiger partial charge in [0.2, 0.25) is 11.3 Å². The minimum Gasteiger partial charge on any atom is -0.459 e. The molecule has 3 aromatic heterocycles. The molecule has 138 valence electrons. The van der Waals surface area contributed by atoms with Gasteiger partial charge < -0.3 is 23.2 Å². The van der Waals surface area contributed by atoms with Crippen LogP contribution in [0.1, 0.15) is 19.4 Å². The fourth-order valence-corrected chi connectivity index (χ4v) is 3.89. The number of hydrogen-bond acceptors (Lipinski definition) is 8. The molecule has 0 aliphatic carbocycles. The molecule has 8 nitrogen and oxygen atoms in total. The van der Waals surface area contributed by atoms with Crippen molar-refractivity contribution in [1.29, 1.82) is 0 Å². The minimum absolute atomic E-state index is 0.0940. The molecule has 0 fully saturated rings. The Morgan fingerprint density at radius 3 is 2.62 bits per heavy atom. The highest BCUT2D eigenvalue weighted by molar-refractivity contribution is 7.62. The molecular formula is C17H20N3O5P. The molecule has 0 unspecified atom stereocenters. The van der Waals surface area contributed by atoms with E-state index >= 15 is 0 Å². The van der Waals surface area contributed by atoms with E-state index in [1.807, 2.05) is 12.1 Å². The van der Waals surface area contributed by atoms with Gasteiger partial charge >= 0.3 is 7.60 Å². The smallest absolute Gasteiger partial charge is 0.385 e. The van der Waals surface area contributed by atoms with Gasteiger partial charge in [0, 0.05) is 18.9 Å². The Kier molecular flexibility index (Phi) is 5.88. The number of anilines is 1. The highest BCUT2D eigenvalue weighted by Crippen LogP contribution is 2.49. The molecule has 0 spiro atoms. The van der Waals surface area contributed by atoms with Crippen LogP contribution in [0.5, 0.6) is 0 Å². The second kappa shape index (κ2) is 8.31. The molecule has 0 aromatic carbocycles. The summed E-state index contributed by atoms with van der Waals surface area (Å²) in [5.41, 5.74) is 1.02. The van der Waals surface area contributed by atoms with E-state index in [1.165, 1.54) is 6.26 Å². The molecule has 0 saturated carbocycles. The van der Waals surface area contributed by atoms with E-state index in [1.54, 1.807) is 38.4 Å². The van der Waals surface area contributed by atoms with Gasteiger partial charge in [-0.15, -0.1) is 0 Å². The predicted molar refractivity (Wildman–Crippen MR) is 96.3 cm³/mol. The van der Waals surface area contributed by atoms with Crippen LogP contribution in [0, 0.1) is 0 Å². The summed E-state index contributed by atoms with van der Waals surface area (Å²) in [6.07, 6.45) is 4.92. The number of rotatable bonds is 9. The molecule has 0 bridgehead atoms. The average molecular weight is 377 g/mol. The van der Waals surface area contributed by atoms with Crippen molar-refractivity contribution < 1.29 is 22.4 Å². The monoisotopic (exact) mass is 377 g/mol. The maximum atomic E-state index is 13.2. The minimum atomic E-state index is -3.64. The summed E-state index contributed by atoms with van der Waals surface area (Å²) in [5, 5.41) is 3.09. The van der Waals surface area contributed by atoms with Crippen molar-refractivity contribution in [2.24, 2.45) is 0 Å². The number of nitrogens with zero attached hydrogens (tertiary/aromatic N) is 2. The third-order valence-electron chi connectivity index (χ3n) is 3.37. The summed E-state index contributed by atoms with van der Waals surface area (Å²) in [7, 11) is -3.64. The van der Waals surface area contributed by atoms with Gasteiger partial charge in [0.25, 0.3) is 5.89 Å². The lowest BCUT2D eigenvalue weighted by atomic mass is 10.3. The quantitative estimate of drug-likeness (QED) is 0.562. The van der Waals surface area contributed by atoms with Crippen LogP contribution in [-0.2, 0) is 20.2 Å². The standard InChI is InChI=1S/C17H20N3O5P/c1-3-23-26(21,24-4-2)17-16(19-12-13-7-5-9-18-11-13)25-15(20-17)14-8-6-10-22-14/h5-11,19H,3-4,12H2,1-2H3. The van der Waals surface area contributed by atoms with Crippen LogP contribution in [0.15, 0.2) is 51.8 Å². The highest BCUT2D eigenvalue weighted by Gasteiger charge is 2.36. The molecule has 0 saturated heterocycles. The van der Waals surface area contributed by atoms with Crippen molar-refractivity contribution in [3.63, 3.8) is 0 Å². The molecule has 3 aromatic rings. The third kappa shape index (κ3) is 4.04. The van der Waals surface area contributed by atoms with Gasteiger partial charge in [0.05, 0.1) is 19.5 Å². The first kappa shape index (κ1) is 18.4. The number of nitrogens with one attached hydrogen (secondary N) is 1. The molecule has 0 aliphatic heterocycles. The van der Waals surface area contributed by atoms with E-state index in [9.17, 15) is 4.57 Å². The van der Waals surface area contributed by atoms with Crippen LogP contribution < -0.4 is 10.8 Å². The number of pyridine rings is 1. The molecule has 3 rings (SSSR count). The number of oxazole rings is 1. The molecule has 0 aliphatic rings. The van der Waals surface area contributed by atoms with Gasteiger partial charge in [-0.1, -0.05) is 6.07 Å². The first-order valence-corrected chi connectivity index (χ1v) is 9.77. The van der Waals surface area contributed by atoms with Gasteiger partial charge in [-0.3, -0.25) is 9.55 Å². The summed E-state index contributed by atoms with van der Waals surface area (Å²) < 4.78 is 35.1. The molecule has 3 heterocycles. The summed E-state index contributed by atoms with van der Waals surface area (Å²) in [6, 6.07) is 7.16. The zero-order valence-corrected chi connectivity index (χ0v) is 15.4. The SMILES string of the molecule is CCOP(=O)(OCC)c1nc(-c2ccco2)oc1NCc1cccnc1. The van der Waals surface area contributed by atoms with Crippen molar-refractivity contribution in [2.75, 3.05) is 18.5 Å². The largest absolute Gasteiger partial charge is 0.459 e. The van der Waals surface area contributed by atoms with Crippen LogP contribution in [0.2, 0.25) is 0 Å². The van der Waals surface area contributed by atoms with Crippen LogP contribution >= 0.6 is 7.60 Å². The van der Waals surface area contributed by atoms with Gasteiger partial charge in [-0.2, -0.15) is 4.98 Å². The highest BCUT2D eigenvalue weighted by atomic mass is 31.2. The molecule has 0 amide bonds. The number of hydrogen-bond donors (Lipinski definition) is 1. The van der Waals surface area contributed by atoms with E-state index in [4.69, 9.17) is 17.9 Å². The summed E-state index contributed by atoms with van der Waals surface area (Å²) >= 11 is 0. The van der Waals surface area contributed by atoms with Crippen molar-refractivity contribution in [2.45, 2.75) is 20.4 Å². The molecule has 0 atom stereocenters. The average Bonchev–Trinajstić information content (AvgIpc) is 3.31. The van der Waals surface area contributed by atoms with Crippen LogP contribution in [0.25, 0.3) is 11.7 Å². The first-order chi connectivity index (χ1) is 12.7. The number of aromatic nitrogens is 2. The van der Waals surface area contributed by atoms with E-state index in [0.29, 0.717) is 12.3 Å². The Morgan fingerprint density at radius 1 is 1.19 bits per heavy atom. The molecular weight excluding hydrogens is 357 g/mol. The Bertz CT molecular complexity index is 854. The van der Waals surface area contributed by atoms with Crippen LogP contribution in [0.4, 0.5) is 5.88 Å². The van der Waals surface area contributed by atoms with Crippen LogP contribution in [-0.4, -0.2) is 23.2 Å². The zero-order valence-electron chi connectivity index (χ0n) is 14.5.